The predicted octanol–water partition coefficient (Wildman–Crippen LogP) is 3.39. The first kappa shape index (κ1) is 20.9. The summed E-state index contributed by atoms with van der Waals surface area (Å²) in [5.74, 6) is 0.687. The molecule has 144 valence electrons. The highest BCUT2D eigenvalue weighted by Gasteiger charge is 2.10. The maximum Gasteiger partial charge on any atom is 0.220 e. The van der Waals surface area contributed by atoms with Crippen LogP contribution in [0, 0.1) is 0 Å². The Labute approximate surface area is 165 Å². The second kappa shape index (κ2) is 10.1. The van der Waals surface area contributed by atoms with E-state index in [1.165, 1.54) is 18.1 Å². The molecule has 27 heavy (non-hydrogen) atoms. The molecule has 1 heterocycles. The van der Waals surface area contributed by atoms with Crippen molar-refractivity contribution in [3.63, 3.8) is 0 Å². The molecule has 1 aliphatic rings. The van der Waals surface area contributed by atoms with Gasteiger partial charge < -0.3 is 15.4 Å². The number of hydrogen-bond acceptors (Lipinski definition) is 4. The Morgan fingerprint density at radius 3 is 2.74 bits per heavy atom. The van der Waals surface area contributed by atoms with Crippen molar-refractivity contribution in [2.75, 3.05) is 6.61 Å². The number of amides is 1. The number of halogens is 1. The van der Waals surface area contributed by atoms with Gasteiger partial charge in [-0.15, -0.1) is 12.4 Å². The average molecular weight is 389 g/mol. The summed E-state index contributed by atoms with van der Waals surface area (Å²) in [4.78, 5) is 23.3. The van der Waals surface area contributed by atoms with E-state index in [0.717, 1.165) is 18.7 Å². The van der Waals surface area contributed by atoms with Crippen molar-refractivity contribution >= 4 is 24.1 Å². The number of ether oxygens (including phenoxy) is 1. The number of ketones is 1. The molecular weight excluding hydrogens is 364 g/mol. The van der Waals surface area contributed by atoms with Crippen molar-refractivity contribution in [2.45, 2.75) is 39.4 Å². The molecule has 0 aromatic heterocycles. The molecule has 0 radical (unpaired) electrons. The third kappa shape index (κ3) is 6.08. The van der Waals surface area contributed by atoms with E-state index in [1.54, 1.807) is 18.2 Å². The molecule has 0 spiro atoms. The third-order valence-electron chi connectivity index (χ3n) is 4.45. The Kier molecular flexibility index (Phi) is 7.82. The predicted molar refractivity (Wildman–Crippen MR) is 107 cm³/mol. The molecule has 1 aliphatic heterocycles. The van der Waals surface area contributed by atoms with Crippen LogP contribution in [0.25, 0.3) is 0 Å². The topological polar surface area (TPSA) is 67.4 Å². The molecule has 2 N–H and O–H groups in total. The van der Waals surface area contributed by atoms with E-state index < -0.39 is 0 Å². The minimum absolute atomic E-state index is 0. The van der Waals surface area contributed by atoms with Gasteiger partial charge in [0.1, 0.15) is 5.75 Å². The van der Waals surface area contributed by atoms with Gasteiger partial charge in [-0.25, -0.2) is 0 Å². The number of carbonyl (C=O) groups excluding carboxylic acids is 2. The van der Waals surface area contributed by atoms with Gasteiger partial charge in [0, 0.05) is 31.6 Å². The van der Waals surface area contributed by atoms with E-state index in [9.17, 15) is 9.59 Å². The first-order valence-corrected chi connectivity index (χ1v) is 8.94. The third-order valence-corrected chi connectivity index (χ3v) is 4.45. The fourth-order valence-corrected chi connectivity index (χ4v) is 2.97. The first-order chi connectivity index (χ1) is 12.6. The van der Waals surface area contributed by atoms with Crippen LogP contribution in [-0.2, 0) is 24.4 Å². The van der Waals surface area contributed by atoms with Gasteiger partial charge in [0.05, 0.1) is 6.61 Å². The normalized spacial score (nSPS) is 12.0. The van der Waals surface area contributed by atoms with E-state index in [2.05, 4.69) is 28.8 Å². The highest BCUT2D eigenvalue weighted by molar-refractivity contribution is 5.94. The van der Waals surface area contributed by atoms with Gasteiger partial charge in [0.25, 0.3) is 0 Å². The summed E-state index contributed by atoms with van der Waals surface area (Å²) in [6.07, 6.45) is 1.04. The monoisotopic (exact) mass is 388 g/mol. The molecule has 5 nitrogen and oxygen atoms in total. The Morgan fingerprint density at radius 1 is 1.11 bits per heavy atom. The van der Waals surface area contributed by atoms with E-state index in [-0.39, 0.29) is 24.1 Å². The van der Waals surface area contributed by atoms with E-state index in [4.69, 9.17) is 4.74 Å². The van der Waals surface area contributed by atoms with Gasteiger partial charge in [-0.3, -0.25) is 9.59 Å². The van der Waals surface area contributed by atoms with Crippen LogP contribution in [0.4, 0.5) is 0 Å². The Hall–Kier alpha value is -2.37. The molecule has 2 aromatic rings. The van der Waals surface area contributed by atoms with Gasteiger partial charge >= 0.3 is 0 Å². The highest BCUT2D eigenvalue weighted by Crippen LogP contribution is 2.17. The van der Waals surface area contributed by atoms with Crippen LogP contribution in [-0.4, -0.2) is 18.3 Å². The largest absolute Gasteiger partial charge is 0.494 e. The van der Waals surface area contributed by atoms with Crippen LogP contribution in [0.5, 0.6) is 5.75 Å². The Bertz CT molecular complexity index is 808. The van der Waals surface area contributed by atoms with Gasteiger partial charge in [0.15, 0.2) is 5.78 Å². The van der Waals surface area contributed by atoms with Crippen molar-refractivity contribution in [3.05, 3.63) is 64.7 Å². The average Bonchev–Trinajstić information content (AvgIpc) is 3.11. The zero-order chi connectivity index (χ0) is 18.4. The van der Waals surface area contributed by atoms with Gasteiger partial charge in [0.2, 0.25) is 5.91 Å². The zero-order valence-corrected chi connectivity index (χ0v) is 16.2. The molecule has 0 saturated carbocycles. The fourth-order valence-electron chi connectivity index (χ4n) is 2.97. The molecule has 0 saturated heterocycles. The number of carbonyl (C=O) groups is 2. The number of rotatable bonds is 8. The summed E-state index contributed by atoms with van der Waals surface area (Å²) < 4.78 is 5.62. The lowest BCUT2D eigenvalue weighted by Crippen LogP contribution is -2.23. The zero-order valence-electron chi connectivity index (χ0n) is 15.4. The summed E-state index contributed by atoms with van der Waals surface area (Å²) in [6.45, 7) is 4.35. The smallest absolute Gasteiger partial charge is 0.220 e. The number of fused-ring (bicyclic) bond motifs is 1. The number of nitrogens with one attached hydrogen (secondary N) is 2. The summed E-state index contributed by atoms with van der Waals surface area (Å²) in [5.41, 5.74) is 4.41. The molecular formula is C21H25ClN2O3. The summed E-state index contributed by atoms with van der Waals surface area (Å²) in [7, 11) is 0. The first-order valence-electron chi connectivity index (χ1n) is 8.94. The van der Waals surface area contributed by atoms with Gasteiger partial charge in [-0.2, -0.15) is 0 Å². The van der Waals surface area contributed by atoms with E-state index in [0.29, 0.717) is 37.3 Å². The quantitative estimate of drug-likeness (QED) is 0.537. The highest BCUT2D eigenvalue weighted by atomic mass is 35.5. The van der Waals surface area contributed by atoms with Crippen LogP contribution >= 0.6 is 12.4 Å². The lowest BCUT2D eigenvalue weighted by Gasteiger charge is -2.09. The van der Waals surface area contributed by atoms with Crippen LogP contribution in [0.1, 0.15) is 46.8 Å². The molecule has 0 aliphatic carbocycles. The van der Waals surface area contributed by atoms with Crippen LogP contribution in [0.15, 0.2) is 42.5 Å². The molecule has 0 unspecified atom stereocenters. The maximum absolute atomic E-state index is 12.0. The minimum atomic E-state index is 0. The molecule has 6 heteroatoms. The number of hydrogen-bond donors (Lipinski definition) is 2. The molecule has 0 atom stereocenters. The number of benzene rings is 2. The summed E-state index contributed by atoms with van der Waals surface area (Å²) in [5, 5.41) is 6.27. The van der Waals surface area contributed by atoms with Gasteiger partial charge in [-0.05, 0) is 42.2 Å². The van der Waals surface area contributed by atoms with Crippen LogP contribution < -0.4 is 15.4 Å². The molecule has 2 aromatic carbocycles. The van der Waals surface area contributed by atoms with Crippen molar-refractivity contribution in [1.29, 1.82) is 0 Å². The number of Topliss-reactive ketones (excluding diaryl/α,β-unsaturated/α-hetero) is 1. The summed E-state index contributed by atoms with van der Waals surface area (Å²) in [6, 6.07) is 13.4. The lowest BCUT2D eigenvalue weighted by atomic mass is 10.1. The van der Waals surface area contributed by atoms with Crippen molar-refractivity contribution in [1.82, 2.24) is 10.6 Å². The van der Waals surface area contributed by atoms with Crippen LogP contribution in [0.2, 0.25) is 0 Å². The SMILES string of the molecule is CC(=O)c1cccc(OCCCC(=O)NCc2ccc3c(c2)CNC3)c1.Cl. The lowest BCUT2D eigenvalue weighted by molar-refractivity contribution is -0.121. The van der Waals surface area contributed by atoms with Crippen LogP contribution in [0.3, 0.4) is 0 Å². The molecule has 1 amide bonds. The van der Waals surface area contributed by atoms with Crippen molar-refractivity contribution in [2.24, 2.45) is 0 Å². The fraction of sp³-hybridized carbons (Fsp3) is 0.333. The maximum atomic E-state index is 12.0. The second-order valence-corrected chi connectivity index (χ2v) is 6.52. The van der Waals surface area contributed by atoms with Gasteiger partial charge in [-0.1, -0.05) is 30.3 Å². The van der Waals surface area contributed by atoms with E-state index >= 15 is 0 Å². The Morgan fingerprint density at radius 2 is 1.93 bits per heavy atom. The standard InChI is InChI=1S/C21H24N2O3.ClH/c1-15(24)17-4-2-5-20(11-17)26-9-3-6-21(25)23-12-16-7-8-18-13-22-14-19(18)10-16;/h2,4-5,7-8,10-11,22H,3,6,9,12-14H2,1H3,(H,23,25);1H. The van der Waals surface area contributed by atoms with Crippen molar-refractivity contribution < 1.29 is 14.3 Å². The molecule has 3 rings (SSSR count). The molecule has 0 fully saturated rings. The molecule has 0 bridgehead atoms. The van der Waals surface area contributed by atoms with E-state index in [1.807, 2.05) is 6.07 Å². The van der Waals surface area contributed by atoms with Crippen molar-refractivity contribution in [3.8, 4) is 5.75 Å². The Balaban J connectivity index is 0.00000261. The second-order valence-electron chi connectivity index (χ2n) is 6.52. The summed E-state index contributed by atoms with van der Waals surface area (Å²) >= 11 is 0. The minimum Gasteiger partial charge on any atom is -0.494 e.